The summed E-state index contributed by atoms with van der Waals surface area (Å²) in [5, 5.41) is 11.0. The first-order chi connectivity index (χ1) is 16.0. The highest BCUT2D eigenvalue weighted by Crippen LogP contribution is 2.41. The molecule has 1 N–H and O–H groups in total. The van der Waals surface area contributed by atoms with E-state index in [1.807, 2.05) is 6.92 Å². The highest BCUT2D eigenvalue weighted by molar-refractivity contribution is 6.46. The molecule has 1 saturated heterocycles. The summed E-state index contributed by atoms with van der Waals surface area (Å²) in [6, 6.07) is 14.9. The standard InChI is InChI=1S/C26H23FN2O4/c1-2-14-33-21-5-3-4-19(15-21)23-22(24(30)18-6-8-20(27)9-7-18)25(31)26(32)29(23)16-17-10-12-28-13-11-17/h3-13,15,23,30H,2,14,16H2,1H3/t23-/m0/s1. The van der Waals surface area contributed by atoms with Gasteiger partial charge >= 0.3 is 0 Å². The Morgan fingerprint density at radius 3 is 2.52 bits per heavy atom. The fourth-order valence-electron chi connectivity index (χ4n) is 3.83. The normalized spacial score (nSPS) is 17.4. The van der Waals surface area contributed by atoms with Crippen molar-refractivity contribution in [1.82, 2.24) is 9.88 Å². The van der Waals surface area contributed by atoms with Crippen molar-refractivity contribution >= 4 is 17.4 Å². The lowest BCUT2D eigenvalue weighted by molar-refractivity contribution is -0.140. The smallest absolute Gasteiger partial charge is 0.295 e. The van der Waals surface area contributed by atoms with Gasteiger partial charge in [-0.15, -0.1) is 0 Å². The molecule has 0 radical (unpaired) electrons. The zero-order chi connectivity index (χ0) is 23.4. The average molecular weight is 446 g/mol. The lowest BCUT2D eigenvalue weighted by Crippen LogP contribution is -2.29. The highest BCUT2D eigenvalue weighted by Gasteiger charge is 2.46. The average Bonchev–Trinajstić information content (AvgIpc) is 3.08. The molecule has 7 heteroatoms. The number of ether oxygens (including phenoxy) is 1. The number of carbonyl (C=O) groups excluding carboxylic acids is 2. The minimum atomic E-state index is -0.839. The van der Waals surface area contributed by atoms with Gasteiger partial charge in [0.25, 0.3) is 11.7 Å². The first kappa shape index (κ1) is 22.2. The molecule has 0 bridgehead atoms. The minimum Gasteiger partial charge on any atom is -0.507 e. The molecule has 6 nitrogen and oxygen atoms in total. The van der Waals surface area contributed by atoms with Crippen LogP contribution in [0.25, 0.3) is 5.76 Å². The predicted octanol–water partition coefficient (Wildman–Crippen LogP) is 4.63. The van der Waals surface area contributed by atoms with Gasteiger partial charge in [0.05, 0.1) is 18.2 Å². The summed E-state index contributed by atoms with van der Waals surface area (Å²) in [5.74, 6) is -1.74. The van der Waals surface area contributed by atoms with Gasteiger partial charge in [-0.2, -0.15) is 0 Å². The number of ketones is 1. The van der Waals surface area contributed by atoms with E-state index in [0.29, 0.717) is 17.9 Å². The molecule has 0 saturated carbocycles. The molecule has 2 heterocycles. The number of hydrogen-bond acceptors (Lipinski definition) is 5. The third kappa shape index (κ3) is 4.62. The number of nitrogens with zero attached hydrogens (tertiary/aromatic N) is 2. The Labute approximate surface area is 191 Å². The Bertz CT molecular complexity index is 1190. The lowest BCUT2D eigenvalue weighted by Gasteiger charge is -2.25. The van der Waals surface area contributed by atoms with Crippen LogP contribution in [-0.2, 0) is 16.1 Å². The number of halogens is 1. The van der Waals surface area contributed by atoms with Crippen LogP contribution in [0.1, 0.15) is 36.1 Å². The monoisotopic (exact) mass is 446 g/mol. The Balaban J connectivity index is 1.84. The minimum absolute atomic E-state index is 0.0479. The van der Waals surface area contributed by atoms with E-state index in [9.17, 15) is 19.1 Å². The van der Waals surface area contributed by atoms with Crippen LogP contribution in [0.5, 0.6) is 5.75 Å². The van der Waals surface area contributed by atoms with Gasteiger partial charge in [-0.25, -0.2) is 4.39 Å². The van der Waals surface area contributed by atoms with Crippen LogP contribution in [0, 0.1) is 5.82 Å². The molecule has 1 atom stereocenters. The molecule has 1 fully saturated rings. The predicted molar refractivity (Wildman–Crippen MR) is 121 cm³/mol. The Morgan fingerprint density at radius 2 is 1.82 bits per heavy atom. The molecule has 4 rings (SSSR count). The van der Waals surface area contributed by atoms with Gasteiger partial charge in [0.1, 0.15) is 17.3 Å². The molecule has 33 heavy (non-hydrogen) atoms. The fraction of sp³-hybridized carbons (Fsp3) is 0.192. The van der Waals surface area contributed by atoms with Crippen LogP contribution >= 0.6 is 0 Å². The van der Waals surface area contributed by atoms with Crippen molar-refractivity contribution in [3.05, 3.63) is 101 Å². The van der Waals surface area contributed by atoms with Crippen LogP contribution in [0.4, 0.5) is 4.39 Å². The van der Waals surface area contributed by atoms with Crippen LogP contribution in [0.3, 0.4) is 0 Å². The molecule has 0 unspecified atom stereocenters. The highest BCUT2D eigenvalue weighted by atomic mass is 19.1. The molecular weight excluding hydrogens is 423 g/mol. The van der Waals surface area contributed by atoms with Crippen molar-refractivity contribution in [2.45, 2.75) is 25.9 Å². The number of aliphatic hydroxyl groups is 1. The molecule has 1 aliphatic rings. The molecule has 168 valence electrons. The first-order valence-corrected chi connectivity index (χ1v) is 10.7. The number of aromatic nitrogens is 1. The number of pyridine rings is 1. The van der Waals surface area contributed by atoms with Crippen LogP contribution < -0.4 is 4.74 Å². The van der Waals surface area contributed by atoms with E-state index in [2.05, 4.69) is 4.98 Å². The summed E-state index contributed by atoms with van der Waals surface area (Å²) in [5.41, 5.74) is 1.62. The number of Topliss-reactive ketones (excluding diaryl/α,β-unsaturated/α-hetero) is 1. The summed E-state index contributed by atoms with van der Waals surface area (Å²) in [7, 11) is 0. The van der Waals surface area contributed by atoms with Crippen molar-refractivity contribution in [3.8, 4) is 5.75 Å². The molecule has 1 aliphatic heterocycles. The van der Waals surface area contributed by atoms with E-state index < -0.39 is 23.5 Å². The van der Waals surface area contributed by atoms with Gasteiger partial charge in [0, 0.05) is 24.5 Å². The van der Waals surface area contributed by atoms with Gasteiger partial charge in [-0.3, -0.25) is 14.6 Å². The van der Waals surface area contributed by atoms with Crippen molar-refractivity contribution < 1.29 is 23.8 Å². The van der Waals surface area contributed by atoms with Gasteiger partial charge in [-0.1, -0.05) is 19.1 Å². The van der Waals surface area contributed by atoms with Crippen molar-refractivity contribution in [2.75, 3.05) is 6.61 Å². The maximum atomic E-state index is 13.4. The number of rotatable bonds is 7. The SMILES string of the molecule is CCCOc1cccc([C@H]2C(=C(O)c3ccc(F)cc3)C(=O)C(=O)N2Cc2ccncc2)c1. The number of hydrogen-bond donors (Lipinski definition) is 1. The van der Waals surface area contributed by atoms with Crippen LogP contribution in [-0.4, -0.2) is 33.3 Å². The largest absolute Gasteiger partial charge is 0.507 e. The number of aliphatic hydroxyl groups excluding tert-OH is 1. The molecule has 1 aromatic heterocycles. The number of amides is 1. The summed E-state index contributed by atoms with van der Waals surface area (Å²) in [6.45, 7) is 2.67. The Kier molecular flexibility index (Phi) is 6.49. The zero-order valence-electron chi connectivity index (χ0n) is 18.1. The number of likely N-dealkylation sites (tertiary alicyclic amines) is 1. The van der Waals surface area contributed by atoms with Crippen molar-refractivity contribution in [2.24, 2.45) is 0 Å². The zero-order valence-corrected chi connectivity index (χ0v) is 18.1. The number of carbonyl (C=O) groups is 2. The van der Waals surface area contributed by atoms with E-state index in [0.717, 1.165) is 12.0 Å². The second kappa shape index (κ2) is 9.65. The van der Waals surface area contributed by atoms with E-state index >= 15 is 0 Å². The van der Waals surface area contributed by atoms with E-state index in [1.54, 1.807) is 48.8 Å². The first-order valence-electron chi connectivity index (χ1n) is 10.7. The third-order valence-corrected chi connectivity index (χ3v) is 5.41. The van der Waals surface area contributed by atoms with Gasteiger partial charge in [-0.05, 0) is 66.1 Å². The second-order valence-corrected chi connectivity index (χ2v) is 7.71. The summed E-state index contributed by atoms with van der Waals surface area (Å²) >= 11 is 0. The van der Waals surface area contributed by atoms with E-state index in [-0.39, 0.29) is 23.4 Å². The molecule has 0 aliphatic carbocycles. The van der Waals surface area contributed by atoms with Crippen molar-refractivity contribution in [3.63, 3.8) is 0 Å². The third-order valence-electron chi connectivity index (χ3n) is 5.41. The summed E-state index contributed by atoms with van der Waals surface area (Å²) in [4.78, 5) is 31.6. The second-order valence-electron chi connectivity index (χ2n) is 7.71. The maximum absolute atomic E-state index is 13.4. The summed E-state index contributed by atoms with van der Waals surface area (Å²) < 4.78 is 19.2. The van der Waals surface area contributed by atoms with Gasteiger partial charge in [0.2, 0.25) is 0 Å². The molecule has 0 spiro atoms. The molecule has 2 aromatic carbocycles. The quantitative estimate of drug-likeness (QED) is 0.325. The van der Waals surface area contributed by atoms with Gasteiger partial charge in [0.15, 0.2) is 0 Å². The van der Waals surface area contributed by atoms with E-state index in [1.165, 1.54) is 29.2 Å². The lowest BCUT2D eigenvalue weighted by atomic mass is 9.95. The molecular formula is C26H23FN2O4. The Morgan fingerprint density at radius 1 is 1.09 bits per heavy atom. The molecule has 3 aromatic rings. The molecule has 1 amide bonds. The Hall–Kier alpha value is -4.00. The van der Waals surface area contributed by atoms with E-state index in [4.69, 9.17) is 4.74 Å². The summed E-state index contributed by atoms with van der Waals surface area (Å²) in [6.07, 6.45) is 4.05. The fourth-order valence-corrected chi connectivity index (χ4v) is 3.83. The maximum Gasteiger partial charge on any atom is 0.295 e. The van der Waals surface area contributed by atoms with Crippen molar-refractivity contribution in [1.29, 1.82) is 0 Å². The number of benzene rings is 2. The van der Waals surface area contributed by atoms with Crippen LogP contribution in [0.2, 0.25) is 0 Å². The topological polar surface area (TPSA) is 79.7 Å². The van der Waals surface area contributed by atoms with Crippen LogP contribution in [0.15, 0.2) is 78.6 Å². The van der Waals surface area contributed by atoms with Gasteiger partial charge < -0.3 is 14.7 Å².